The number of rotatable bonds is 4. The second-order valence-corrected chi connectivity index (χ2v) is 8.83. The van der Waals surface area contributed by atoms with Gasteiger partial charge in [-0.15, -0.1) is 0 Å². The molecule has 3 heterocycles. The quantitative estimate of drug-likeness (QED) is 0.483. The van der Waals surface area contributed by atoms with Crippen LogP contribution in [-0.4, -0.2) is 32.3 Å². The van der Waals surface area contributed by atoms with Crippen molar-refractivity contribution in [2.24, 2.45) is 13.0 Å². The first-order valence-electron chi connectivity index (χ1n) is 11.0. The SMILES string of the molecule is COc1cccc(N2CC(C)Cn3c2nc2c3c(=O)n(Cc3cccc(C)c3)c(=O)n2C)c1. The maximum absolute atomic E-state index is 13.6. The number of hydrogen-bond acceptors (Lipinski definition) is 5. The van der Waals surface area contributed by atoms with E-state index in [1.165, 1.54) is 9.13 Å². The van der Waals surface area contributed by atoms with E-state index in [0.717, 1.165) is 29.1 Å². The van der Waals surface area contributed by atoms with Gasteiger partial charge in [0.25, 0.3) is 5.56 Å². The molecule has 0 radical (unpaired) electrons. The number of benzene rings is 2. The minimum atomic E-state index is -0.370. The van der Waals surface area contributed by atoms with Crippen LogP contribution in [0.5, 0.6) is 5.75 Å². The summed E-state index contributed by atoms with van der Waals surface area (Å²) in [7, 11) is 3.31. The van der Waals surface area contributed by atoms with Crippen molar-refractivity contribution in [2.75, 3.05) is 18.6 Å². The molecule has 0 aliphatic carbocycles. The molecule has 1 atom stereocenters. The van der Waals surface area contributed by atoms with Crippen LogP contribution in [0.1, 0.15) is 18.1 Å². The number of nitrogens with zero attached hydrogens (tertiary/aromatic N) is 5. The lowest BCUT2D eigenvalue weighted by atomic mass is 10.1. The molecule has 1 aliphatic rings. The summed E-state index contributed by atoms with van der Waals surface area (Å²) in [5.41, 5.74) is 3.11. The number of anilines is 2. The number of ether oxygens (including phenoxy) is 1. The Balaban J connectivity index is 1.71. The summed E-state index contributed by atoms with van der Waals surface area (Å²) in [6, 6.07) is 15.6. The van der Waals surface area contributed by atoms with Gasteiger partial charge in [0.15, 0.2) is 11.2 Å². The van der Waals surface area contributed by atoms with Crippen LogP contribution in [0.3, 0.4) is 0 Å². The van der Waals surface area contributed by atoms with Crippen molar-refractivity contribution in [2.45, 2.75) is 26.9 Å². The summed E-state index contributed by atoms with van der Waals surface area (Å²) >= 11 is 0. The van der Waals surface area contributed by atoms with E-state index in [2.05, 4.69) is 11.8 Å². The molecule has 1 unspecified atom stereocenters. The molecule has 0 spiro atoms. The van der Waals surface area contributed by atoms with Crippen LogP contribution in [-0.2, 0) is 20.1 Å². The zero-order valence-electron chi connectivity index (χ0n) is 19.3. The van der Waals surface area contributed by atoms with Crippen LogP contribution in [0.25, 0.3) is 11.2 Å². The lowest BCUT2D eigenvalue weighted by Crippen LogP contribution is -2.40. The lowest BCUT2D eigenvalue weighted by molar-refractivity contribution is 0.414. The van der Waals surface area contributed by atoms with Gasteiger partial charge in [0.05, 0.1) is 13.7 Å². The summed E-state index contributed by atoms with van der Waals surface area (Å²) in [6.07, 6.45) is 0. The Morgan fingerprint density at radius 2 is 1.88 bits per heavy atom. The van der Waals surface area contributed by atoms with Gasteiger partial charge in [-0.2, -0.15) is 4.98 Å². The van der Waals surface area contributed by atoms with Crippen LogP contribution in [0.15, 0.2) is 58.1 Å². The molecule has 0 bridgehead atoms. The third-order valence-electron chi connectivity index (χ3n) is 6.23. The Morgan fingerprint density at radius 1 is 1.09 bits per heavy atom. The Labute approximate surface area is 191 Å². The maximum atomic E-state index is 13.6. The molecule has 33 heavy (non-hydrogen) atoms. The average molecular weight is 446 g/mol. The molecule has 0 N–H and O–H groups in total. The van der Waals surface area contributed by atoms with Crippen molar-refractivity contribution in [1.29, 1.82) is 0 Å². The standard InChI is InChI=1S/C25H27N5O3/c1-16-7-5-8-18(11-16)15-30-23(31)21-22(27(3)25(30)32)26-24-28(13-17(2)14-29(21)24)19-9-6-10-20(12-19)33-4/h5-12,17H,13-15H2,1-4H3. The average Bonchev–Trinajstić information content (AvgIpc) is 3.19. The Bertz CT molecular complexity index is 1480. The molecule has 4 aromatic rings. The first-order chi connectivity index (χ1) is 15.9. The molecular weight excluding hydrogens is 418 g/mol. The smallest absolute Gasteiger partial charge is 0.332 e. The van der Waals surface area contributed by atoms with E-state index < -0.39 is 0 Å². The topological polar surface area (TPSA) is 74.3 Å². The summed E-state index contributed by atoms with van der Waals surface area (Å²) in [5, 5.41) is 0. The molecule has 170 valence electrons. The maximum Gasteiger partial charge on any atom is 0.332 e. The van der Waals surface area contributed by atoms with Crippen molar-refractivity contribution in [3.63, 3.8) is 0 Å². The van der Waals surface area contributed by atoms with Crippen molar-refractivity contribution < 1.29 is 4.74 Å². The molecule has 2 aromatic heterocycles. The highest BCUT2D eigenvalue weighted by Gasteiger charge is 2.30. The minimum absolute atomic E-state index is 0.221. The first-order valence-corrected chi connectivity index (χ1v) is 11.0. The van der Waals surface area contributed by atoms with Crippen LogP contribution in [0, 0.1) is 12.8 Å². The number of aryl methyl sites for hydroxylation is 2. The number of hydrogen-bond donors (Lipinski definition) is 0. The predicted octanol–water partition coefficient (Wildman–Crippen LogP) is 3.05. The molecule has 8 nitrogen and oxygen atoms in total. The summed E-state index contributed by atoms with van der Waals surface area (Å²) in [5.74, 6) is 1.70. The van der Waals surface area contributed by atoms with Crippen LogP contribution < -0.4 is 20.9 Å². The second-order valence-electron chi connectivity index (χ2n) is 8.83. The van der Waals surface area contributed by atoms with Gasteiger partial charge in [-0.25, -0.2) is 4.79 Å². The first kappa shape index (κ1) is 21.1. The van der Waals surface area contributed by atoms with E-state index in [4.69, 9.17) is 9.72 Å². The fourth-order valence-electron chi connectivity index (χ4n) is 4.63. The Kier molecular flexibility index (Phi) is 5.08. The highest BCUT2D eigenvalue weighted by Crippen LogP contribution is 2.34. The molecular formula is C25H27N5O3. The molecule has 1 aliphatic heterocycles. The third-order valence-corrected chi connectivity index (χ3v) is 6.23. The zero-order valence-corrected chi connectivity index (χ0v) is 19.3. The molecule has 8 heteroatoms. The van der Waals surface area contributed by atoms with Crippen molar-refractivity contribution in [3.05, 3.63) is 80.5 Å². The second kappa shape index (κ2) is 7.95. The fourth-order valence-corrected chi connectivity index (χ4v) is 4.63. The zero-order chi connectivity index (χ0) is 23.3. The Hall–Kier alpha value is -3.81. The lowest BCUT2D eigenvalue weighted by Gasteiger charge is -2.33. The molecule has 0 fully saturated rings. The van der Waals surface area contributed by atoms with E-state index in [-0.39, 0.29) is 23.7 Å². The van der Waals surface area contributed by atoms with Crippen LogP contribution in [0.2, 0.25) is 0 Å². The van der Waals surface area contributed by atoms with Gasteiger partial charge in [0.2, 0.25) is 5.95 Å². The summed E-state index contributed by atoms with van der Waals surface area (Å²) < 4.78 is 10.1. The normalized spacial score (nSPS) is 15.6. The van der Waals surface area contributed by atoms with Gasteiger partial charge < -0.3 is 14.2 Å². The number of fused-ring (bicyclic) bond motifs is 3. The monoisotopic (exact) mass is 445 g/mol. The minimum Gasteiger partial charge on any atom is -0.497 e. The molecule has 5 rings (SSSR count). The largest absolute Gasteiger partial charge is 0.497 e. The van der Waals surface area contributed by atoms with Crippen molar-refractivity contribution in [3.8, 4) is 5.75 Å². The van der Waals surface area contributed by atoms with Gasteiger partial charge in [-0.1, -0.05) is 42.8 Å². The number of methoxy groups -OCH3 is 1. The molecule has 0 saturated carbocycles. The van der Waals surface area contributed by atoms with Crippen LogP contribution in [0.4, 0.5) is 11.6 Å². The predicted molar refractivity (Wildman–Crippen MR) is 129 cm³/mol. The molecule has 2 aromatic carbocycles. The van der Waals surface area contributed by atoms with E-state index in [1.54, 1.807) is 14.2 Å². The fraction of sp³-hybridized carbons (Fsp3) is 0.320. The van der Waals surface area contributed by atoms with E-state index in [1.807, 2.05) is 60.0 Å². The third kappa shape index (κ3) is 3.51. The highest BCUT2D eigenvalue weighted by atomic mass is 16.5. The number of imidazole rings is 1. The van der Waals surface area contributed by atoms with E-state index in [9.17, 15) is 9.59 Å². The van der Waals surface area contributed by atoms with E-state index in [0.29, 0.717) is 23.7 Å². The summed E-state index contributed by atoms with van der Waals surface area (Å²) in [6.45, 7) is 5.77. The van der Waals surface area contributed by atoms with Gasteiger partial charge in [-0.3, -0.25) is 13.9 Å². The van der Waals surface area contributed by atoms with Gasteiger partial charge in [0.1, 0.15) is 5.75 Å². The van der Waals surface area contributed by atoms with Crippen molar-refractivity contribution >= 4 is 22.8 Å². The van der Waals surface area contributed by atoms with E-state index >= 15 is 0 Å². The molecule has 0 saturated heterocycles. The van der Waals surface area contributed by atoms with Gasteiger partial charge >= 0.3 is 5.69 Å². The van der Waals surface area contributed by atoms with Crippen molar-refractivity contribution in [1.82, 2.24) is 18.7 Å². The summed E-state index contributed by atoms with van der Waals surface area (Å²) in [4.78, 5) is 33.6. The Morgan fingerprint density at radius 3 is 2.64 bits per heavy atom. The van der Waals surface area contributed by atoms with Gasteiger partial charge in [-0.05, 0) is 30.5 Å². The van der Waals surface area contributed by atoms with Gasteiger partial charge in [0, 0.05) is 31.9 Å². The number of aromatic nitrogens is 4. The van der Waals surface area contributed by atoms with Crippen LogP contribution >= 0.6 is 0 Å². The molecule has 0 amide bonds. The highest BCUT2D eigenvalue weighted by molar-refractivity contribution is 5.77.